The van der Waals surface area contributed by atoms with Crippen molar-refractivity contribution in [1.82, 2.24) is 5.01 Å². The number of alkyl halides is 2. The molecule has 0 saturated carbocycles. The number of nitrogens with zero attached hydrogens (tertiary/aromatic N) is 2. The first-order valence-electron chi connectivity index (χ1n) is 9.98. The summed E-state index contributed by atoms with van der Waals surface area (Å²) in [6.07, 6.45) is 0.0693. The van der Waals surface area contributed by atoms with Gasteiger partial charge in [0.2, 0.25) is 0 Å². The van der Waals surface area contributed by atoms with Gasteiger partial charge >= 0.3 is 17.9 Å². The number of nitrogens with one attached hydrogen (secondary N) is 1. The number of anilines is 1. The van der Waals surface area contributed by atoms with Gasteiger partial charge in [0.15, 0.2) is 11.5 Å². The molecule has 2 aromatic carbocycles. The van der Waals surface area contributed by atoms with Crippen molar-refractivity contribution in [3.63, 3.8) is 0 Å². The van der Waals surface area contributed by atoms with E-state index in [1.807, 2.05) is 6.92 Å². The summed E-state index contributed by atoms with van der Waals surface area (Å²) in [5.41, 5.74) is 2.63. The van der Waals surface area contributed by atoms with Gasteiger partial charge in [-0.2, -0.15) is 13.9 Å². The maximum Gasteiger partial charge on any atom is 0.411 e. The second-order valence-corrected chi connectivity index (χ2v) is 8.04. The lowest BCUT2D eigenvalue weighted by Crippen LogP contribution is -2.34. The Bertz CT molecular complexity index is 1030. The van der Waals surface area contributed by atoms with Crippen LogP contribution in [0.3, 0.4) is 0 Å². The summed E-state index contributed by atoms with van der Waals surface area (Å²) >= 11 is 1.15. The second kappa shape index (κ2) is 11.0. The molecule has 0 saturated heterocycles. The van der Waals surface area contributed by atoms with E-state index in [9.17, 15) is 18.4 Å². The fourth-order valence-electron chi connectivity index (χ4n) is 3.15. The minimum Gasteiger partial charge on any atom is -0.493 e. The van der Waals surface area contributed by atoms with Gasteiger partial charge in [0.25, 0.3) is 0 Å². The normalized spacial score (nSPS) is 15.8. The zero-order valence-electron chi connectivity index (χ0n) is 18.2. The minimum atomic E-state index is -2.97. The number of benzene rings is 2. The molecule has 1 aliphatic heterocycles. The fraction of sp³-hybridized carbons (Fsp3) is 0.318. The lowest BCUT2D eigenvalue weighted by Gasteiger charge is -2.28. The van der Waals surface area contributed by atoms with Crippen molar-refractivity contribution >= 4 is 34.5 Å². The monoisotopic (exact) mass is 479 g/mol. The third kappa shape index (κ3) is 6.13. The molecule has 1 atom stereocenters. The lowest BCUT2D eigenvalue weighted by molar-refractivity contribution is -0.0512. The number of carbonyl (C=O) groups is 2. The van der Waals surface area contributed by atoms with Crippen LogP contribution in [0.25, 0.3) is 0 Å². The first kappa shape index (κ1) is 24.3. The van der Waals surface area contributed by atoms with Crippen molar-refractivity contribution in [2.75, 3.05) is 19.5 Å². The summed E-state index contributed by atoms with van der Waals surface area (Å²) in [4.78, 5) is 24.0. The second-order valence-electron chi connectivity index (χ2n) is 6.88. The molecular weight excluding hydrogens is 456 g/mol. The molecular formula is C22H23F2N3O5S. The van der Waals surface area contributed by atoms with E-state index in [1.165, 1.54) is 25.3 Å². The minimum absolute atomic E-state index is 0.0815. The fourth-order valence-corrected chi connectivity index (χ4v) is 4.08. The third-order valence-electron chi connectivity index (χ3n) is 4.75. The molecule has 11 heteroatoms. The van der Waals surface area contributed by atoms with E-state index in [1.54, 1.807) is 36.4 Å². The molecule has 2 amide bonds. The lowest BCUT2D eigenvalue weighted by atomic mass is 10.0. The number of thioether (sulfide) groups is 1. The van der Waals surface area contributed by atoms with Crippen LogP contribution in [0.5, 0.6) is 11.5 Å². The van der Waals surface area contributed by atoms with E-state index in [4.69, 9.17) is 4.74 Å². The highest BCUT2D eigenvalue weighted by atomic mass is 32.2. The van der Waals surface area contributed by atoms with Crippen molar-refractivity contribution in [1.29, 1.82) is 0 Å². The van der Waals surface area contributed by atoms with Crippen LogP contribution < -0.4 is 14.8 Å². The summed E-state index contributed by atoms with van der Waals surface area (Å²) in [7, 11) is 2.64. The molecule has 0 radical (unpaired) electrons. The van der Waals surface area contributed by atoms with Gasteiger partial charge in [-0.15, -0.1) is 0 Å². The predicted octanol–water partition coefficient (Wildman–Crippen LogP) is 5.33. The van der Waals surface area contributed by atoms with E-state index in [2.05, 4.69) is 19.9 Å². The average Bonchev–Trinajstić information content (AvgIpc) is 2.81. The smallest absolute Gasteiger partial charge is 0.411 e. The Balaban J connectivity index is 1.85. The van der Waals surface area contributed by atoms with Gasteiger partial charge in [0.05, 0.1) is 31.7 Å². The number of methoxy groups -OCH3 is 2. The molecule has 1 unspecified atom stereocenters. The number of rotatable bonds is 8. The highest BCUT2D eigenvalue weighted by Crippen LogP contribution is 2.34. The van der Waals surface area contributed by atoms with Crippen LogP contribution in [0, 0.1) is 0 Å². The number of hydrogen-bond acceptors (Lipinski definition) is 7. The largest absolute Gasteiger partial charge is 0.493 e. The van der Waals surface area contributed by atoms with Crippen molar-refractivity contribution in [2.24, 2.45) is 5.10 Å². The van der Waals surface area contributed by atoms with Crippen LogP contribution in [0.2, 0.25) is 0 Å². The zero-order chi connectivity index (χ0) is 24.0. The molecule has 33 heavy (non-hydrogen) atoms. The van der Waals surface area contributed by atoms with E-state index in [0.717, 1.165) is 17.3 Å². The highest BCUT2D eigenvalue weighted by molar-refractivity contribution is 8.14. The summed E-state index contributed by atoms with van der Waals surface area (Å²) in [6.45, 7) is -0.819. The Hall–Kier alpha value is -3.34. The van der Waals surface area contributed by atoms with Gasteiger partial charge < -0.3 is 14.2 Å². The van der Waals surface area contributed by atoms with Crippen molar-refractivity contribution < 1.29 is 32.6 Å². The van der Waals surface area contributed by atoms with Crippen molar-refractivity contribution in [3.8, 4) is 11.5 Å². The average molecular weight is 480 g/mol. The quantitative estimate of drug-likeness (QED) is 0.551. The first-order chi connectivity index (χ1) is 15.8. The maximum atomic E-state index is 12.7. The Morgan fingerprint density at radius 1 is 1.18 bits per heavy atom. The van der Waals surface area contributed by atoms with E-state index < -0.39 is 12.7 Å². The molecule has 1 aliphatic rings. The first-order valence-corrected chi connectivity index (χ1v) is 10.9. The van der Waals surface area contributed by atoms with E-state index in [0.29, 0.717) is 23.4 Å². The van der Waals surface area contributed by atoms with Crippen LogP contribution in [-0.2, 0) is 11.3 Å². The summed E-state index contributed by atoms with van der Waals surface area (Å²) in [5.74, 6) is 0.0643. The van der Waals surface area contributed by atoms with Crippen LogP contribution in [0.4, 0.5) is 24.1 Å². The molecule has 3 rings (SSSR count). The molecule has 0 aromatic heterocycles. The molecule has 0 bridgehead atoms. The van der Waals surface area contributed by atoms with Gasteiger partial charge in [-0.05, 0) is 42.3 Å². The number of ether oxygens (including phenoxy) is 3. The van der Waals surface area contributed by atoms with Crippen molar-refractivity contribution in [2.45, 2.75) is 31.8 Å². The number of hydrazone groups is 1. The molecule has 0 spiro atoms. The van der Waals surface area contributed by atoms with E-state index >= 15 is 0 Å². The van der Waals surface area contributed by atoms with Crippen LogP contribution in [0.1, 0.15) is 24.5 Å². The standard InChI is InChI=1S/C22H23F2N3O5S/c1-4-18-19(14-7-10-16(32-20(23)24)17(11-14)30-2)26-27(22(29)33-18)12-13-5-8-15(9-6-13)25-21(28)31-3/h5-11,18,20H,4,12H2,1-3H3,(H,25,28). The number of halogens is 2. The number of hydrogen-bond donors (Lipinski definition) is 1. The van der Waals surface area contributed by atoms with Crippen molar-refractivity contribution in [3.05, 3.63) is 53.6 Å². The topological polar surface area (TPSA) is 89.5 Å². The Morgan fingerprint density at radius 2 is 1.91 bits per heavy atom. The summed E-state index contributed by atoms with van der Waals surface area (Å²) in [5, 5.41) is 8.08. The van der Waals surface area contributed by atoms with Gasteiger partial charge in [-0.1, -0.05) is 30.8 Å². The Morgan fingerprint density at radius 3 is 2.52 bits per heavy atom. The molecule has 2 aromatic rings. The van der Waals surface area contributed by atoms with Crippen LogP contribution in [-0.4, -0.2) is 48.1 Å². The Kier molecular flexibility index (Phi) is 8.10. The molecule has 0 fully saturated rings. The zero-order valence-corrected chi connectivity index (χ0v) is 19.0. The SMILES string of the molecule is CCC1SC(=O)N(Cc2ccc(NC(=O)OC)cc2)N=C1c1ccc(OC(F)F)c(OC)c1. The number of carbonyl (C=O) groups excluding carboxylic acids is 2. The maximum absolute atomic E-state index is 12.7. The third-order valence-corrected chi connectivity index (χ3v) is 6.01. The number of amides is 2. The highest BCUT2D eigenvalue weighted by Gasteiger charge is 2.30. The van der Waals surface area contributed by atoms with Gasteiger partial charge in [0.1, 0.15) is 0 Å². The Labute approximate surface area is 193 Å². The molecule has 0 aliphatic carbocycles. The molecule has 8 nitrogen and oxygen atoms in total. The van der Waals surface area contributed by atoms with Crippen LogP contribution in [0.15, 0.2) is 47.6 Å². The summed E-state index contributed by atoms with van der Waals surface area (Å²) in [6, 6.07) is 11.5. The molecule has 1 N–H and O–H groups in total. The van der Waals surface area contributed by atoms with Gasteiger partial charge in [-0.3, -0.25) is 10.1 Å². The summed E-state index contributed by atoms with van der Waals surface area (Å²) < 4.78 is 39.5. The van der Waals surface area contributed by atoms with Gasteiger partial charge in [0, 0.05) is 11.3 Å². The molecule has 1 heterocycles. The van der Waals surface area contributed by atoms with E-state index in [-0.39, 0.29) is 28.5 Å². The van der Waals surface area contributed by atoms with Gasteiger partial charge in [-0.25, -0.2) is 9.80 Å². The molecule has 176 valence electrons. The predicted molar refractivity (Wildman–Crippen MR) is 121 cm³/mol. The van der Waals surface area contributed by atoms with Crippen LogP contribution >= 0.6 is 11.8 Å².